The van der Waals surface area contributed by atoms with E-state index >= 15 is 0 Å². The minimum Gasteiger partial charge on any atom is -0.368 e. The quantitative estimate of drug-likeness (QED) is 0.886. The van der Waals surface area contributed by atoms with Crippen molar-refractivity contribution in [3.05, 3.63) is 41.4 Å². The Bertz CT molecular complexity index is 652. The minimum atomic E-state index is -0.509. The predicted molar refractivity (Wildman–Crippen MR) is 87.3 cm³/mol. The Morgan fingerprint density at radius 3 is 2.55 bits per heavy atom. The third-order valence-corrected chi connectivity index (χ3v) is 4.11. The predicted octanol–water partition coefficient (Wildman–Crippen LogP) is 2.07. The molecule has 116 valence electrons. The van der Waals surface area contributed by atoms with Gasteiger partial charge in [0.1, 0.15) is 5.01 Å². The monoisotopic (exact) mass is 317 g/mol. The van der Waals surface area contributed by atoms with Crippen LogP contribution in [0.5, 0.6) is 0 Å². The molecule has 0 unspecified atom stereocenters. The molecule has 1 aromatic carbocycles. The lowest BCUT2D eigenvalue weighted by Crippen LogP contribution is -2.43. The van der Waals surface area contributed by atoms with Crippen LogP contribution in [-0.4, -0.2) is 34.3 Å². The van der Waals surface area contributed by atoms with E-state index in [4.69, 9.17) is 5.73 Å². The average molecular weight is 317 g/mol. The van der Waals surface area contributed by atoms with E-state index in [9.17, 15) is 9.59 Å². The van der Waals surface area contributed by atoms with Crippen molar-refractivity contribution in [3.8, 4) is 10.6 Å². The molecule has 22 heavy (non-hydrogen) atoms. The Kier molecular flexibility index (Phi) is 5.27. The van der Waals surface area contributed by atoms with Crippen molar-refractivity contribution < 1.29 is 9.59 Å². The molecule has 0 aliphatic carbocycles. The first-order valence-corrected chi connectivity index (χ1v) is 7.93. The maximum Gasteiger partial charge on any atom is 0.237 e. The van der Waals surface area contributed by atoms with Gasteiger partial charge >= 0.3 is 0 Å². The van der Waals surface area contributed by atoms with Gasteiger partial charge in [-0.25, -0.2) is 4.98 Å². The number of carbonyl (C=O) groups is 2. The van der Waals surface area contributed by atoms with Gasteiger partial charge in [-0.2, -0.15) is 0 Å². The Morgan fingerprint density at radius 2 is 1.95 bits per heavy atom. The van der Waals surface area contributed by atoms with E-state index in [1.165, 1.54) is 16.2 Å². The van der Waals surface area contributed by atoms with Crippen LogP contribution in [0.15, 0.2) is 35.7 Å². The van der Waals surface area contributed by atoms with E-state index in [-0.39, 0.29) is 24.9 Å². The summed E-state index contributed by atoms with van der Waals surface area (Å²) < 4.78 is 0. The number of primary amides is 1. The van der Waals surface area contributed by atoms with Crippen molar-refractivity contribution in [1.82, 2.24) is 9.88 Å². The molecule has 2 rings (SSSR count). The van der Waals surface area contributed by atoms with Crippen molar-refractivity contribution >= 4 is 23.2 Å². The third-order valence-electron chi connectivity index (χ3n) is 3.17. The second kappa shape index (κ2) is 7.17. The Morgan fingerprint density at radius 1 is 1.27 bits per heavy atom. The summed E-state index contributed by atoms with van der Waals surface area (Å²) in [5, 5.41) is 2.76. The number of carbonyl (C=O) groups excluding carboxylic acids is 2. The normalized spacial score (nSPS) is 10.7. The van der Waals surface area contributed by atoms with Gasteiger partial charge in [-0.3, -0.25) is 9.59 Å². The summed E-state index contributed by atoms with van der Waals surface area (Å²) in [4.78, 5) is 29.4. The molecule has 0 bridgehead atoms. The number of rotatable bonds is 6. The fraction of sp³-hybridized carbons (Fsp3) is 0.312. The number of nitrogens with two attached hydrogens (primary N) is 1. The van der Waals surface area contributed by atoms with E-state index in [2.05, 4.69) is 4.98 Å². The van der Waals surface area contributed by atoms with Gasteiger partial charge in [0.2, 0.25) is 11.8 Å². The van der Waals surface area contributed by atoms with Gasteiger partial charge in [0.05, 0.1) is 18.7 Å². The summed E-state index contributed by atoms with van der Waals surface area (Å²) in [5.74, 6) is -0.649. The molecular weight excluding hydrogens is 298 g/mol. The van der Waals surface area contributed by atoms with Crippen LogP contribution in [-0.2, 0) is 16.0 Å². The van der Waals surface area contributed by atoms with Gasteiger partial charge in [0.25, 0.3) is 0 Å². The number of thiazole rings is 1. The van der Waals surface area contributed by atoms with Gasteiger partial charge in [0, 0.05) is 17.0 Å². The molecule has 0 spiro atoms. The standard InChI is InChI=1S/C16H19N3O2S/c1-11(2)19(9-14(17)20)15(21)8-13-10-22-16(18-13)12-6-4-3-5-7-12/h3-7,10-11H,8-9H2,1-2H3,(H2,17,20). The second-order valence-corrected chi connectivity index (χ2v) is 6.13. The summed E-state index contributed by atoms with van der Waals surface area (Å²) in [6.45, 7) is 3.65. The zero-order valence-electron chi connectivity index (χ0n) is 12.7. The summed E-state index contributed by atoms with van der Waals surface area (Å²) in [7, 11) is 0. The number of benzene rings is 1. The van der Waals surface area contributed by atoms with Gasteiger partial charge in [0.15, 0.2) is 0 Å². The molecule has 1 heterocycles. The van der Waals surface area contributed by atoms with Gasteiger partial charge in [-0.15, -0.1) is 11.3 Å². The molecule has 0 saturated heterocycles. The maximum atomic E-state index is 12.3. The van der Waals surface area contributed by atoms with Crippen LogP contribution in [0.2, 0.25) is 0 Å². The fourth-order valence-electron chi connectivity index (χ4n) is 2.08. The zero-order valence-corrected chi connectivity index (χ0v) is 13.5. The molecule has 0 aliphatic rings. The number of hydrogen-bond donors (Lipinski definition) is 1. The lowest BCUT2D eigenvalue weighted by molar-refractivity contribution is -0.136. The topological polar surface area (TPSA) is 76.3 Å². The number of aromatic nitrogens is 1. The molecule has 0 radical (unpaired) electrons. The molecule has 0 atom stereocenters. The molecule has 0 saturated carbocycles. The van der Waals surface area contributed by atoms with Crippen molar-refractivity contribution in [3.63, 3.8) is 0 Å². The van der Waals surface area contributed by atoms with Crippen LogP contribution < -0.4 is 5.73 Å². The third kappa shape index (κ3) is 4.14. The molecule has 0 aliphatic heterocycles. The van der Waals surface area contributed by atoms with E-state index in [0.717, 1.165) is 10.6 Å². The van der Waals surface area contributed by atoms with Crippen LogP contribution in [0.1, 0.15) is 19.5 Å². The molecule has 2 aromatic rings. The number of hydrogen-bond acceptors (Lipinski definition) is 4. The molecule has 1 aromatic heterocycles. The smallest absolute Gasteiger partial charge is 0.237 e. The highest BCUT2D eigenvalue weighted by Crippen LogP contribution is 2.23. The van der Waals surface area contributed by atoms with E-state index in [0.29, 0.717) is 5.69 Å². The largest absolute Gasteiger partial charge is 0.368 e. The highest BCUT2D eigenvalue weighted by atomic mass is 32.1. The molecular formula is C16H19N3O2S. The lowest BCUT2D eigenvalue weighted by Gasteiger charge is -2.25. The maximum absolute atomic E-state index is 12.3. The zero-order chi connectivity index (χ0) is 16.1. The summed E-state index contributed by atoms with van der Waals surface area (Å²) >= 11 is 1.51. The van der Waals surface area contributed by atoms with Crippen LogP contribution in [0.3, 0.4) is 0 Å². The van der Waals surface area contributed by atoms with Gasteiger partial charge < -0.3 is 10.6 Å². The van der Waals surface area contributed by atoms with Gasteiger partial charge in [-0.05, 0) is 13.8 Å². The van der Waals surface area contributed by atoms with E-state index in [1.807, 2.05) is 49.6 Å². The molecule has 2 N–H and O–H groups in total. The number of amides is 2. The molecule has 0 fully saturated rings. The second-order valence-electron chi connectivity index (χ2n) is 5.27. The van der Waals surface area contributed by atoms with Crippen molar-refractivity contribution in [2.75, 3.05) is 6.54 Å². The van der Waals surface area contributed by atoms with Crippen LogP contribution >= 0.6 is 11.3 Å². The lowest BCUT2D eigenvalue weighted by atomic mass is 10.2. The fourth-order valence-corrected chi connectivity index (χ4v) is 2.91. The molecule has 2 amide bonds. The van der Waals surface area contributed by atoms with Crippen molar-refractivity contribution in [2.24, 2.45) is 5.73 Å². The summed E-state index contributed by atoms with van der Waals surface area (Å²) in [6.07, 6.45) is 0.175. The van der Waals surface area contributed by atoms with Crippen LogP contribution in [0.25, 0.3) is 10.6 Å². The van der Waals surface area contributed by atoms with E-state index < -0.39 is 5.91 Å². The number of nitrogens with zero attached hydrogens (tertiary/aromatic N) is 2. The molecule has 6 heteroatoms. The molecule has 5 nitrogen and oxygen atoms in total. The first-order chi connectivity index (χ1) is 10.5. The van der Waals surface area contributed by atoms with E-state index in [1.54, 1.807) is 0 Å². The summed E-state index contributed by atoms with van der Waals surface area (Å²) in [5.41, 5.74) is 6.94. The van der Waals surface area contributed by atoms with Crippen molar-refractivity contribution in [2.45, 2.75) is 26.3 Å². The highest BCUT2D eigenvalue weighted by Gasteiger charge is 2.20. The SMILES string of the molecule is CC(C)N(CC(N)=O)C(=O)Cc1csc(-c2ccccc2)n1. The Labute approximate surface area is 133 Å². The first kappa shape index (κ1) is 16.2. The minimum absolute atomic E-state index is 0.0633. The Balaban J connectivity index is 2.09. The van der Waals surface area contributed by atoms with Gasteiger partial charge in [-0.1, -0.05) is 30.3 Å². The Hall–Kier alpha value is -2.21. The van der Waals surface area contributed by atoms with Crippen molar-refractivity contribution in [1.29, 1.82) is 0 Å². The first-order valence-electron chi connectivity index (χ1n) is 7.05. The highest BCUT2D eigenvalue weighted by molar-refractivity contribution is 7.13. The van der Waals surface area contributed by atoms with Crippen LogP contribution in [0.4, 0.5) is 0 Å². The summed E-state index contributed by atoms with van der Waals surface area (Å²) in [6, 6.07) is 9.75. The average Bonchev–Trinajstić information content (AvgIpc) is 2.93. The van der Waals surface area contributed by atoms with Crippen LogP contribution in [0, 0.1) is 0 Å².